The highest BCUT2D eigenvalue weighted by Crippen LogP contribution is 2.16. The molecule has 0 aliphatic heterocycles. The zero-order valence-electron chi connectivity index (χ0n) is 11.5. The highest BCUT2D eigenvalue weighted by molar-refractivity contribution is 6.67. The predicted molar refractivity (Wildman–Crippen MR) is 82.4 cm³/mol. The fraction of sp³-hybridized carbons (Fsp3) is 0.385. The summed E-state index contributed by atoms with van der Waals surface area (Å²) in [6.07, 6.45) is 4.46. The maximum Gasteiger partial charge on any atom is 0.225 e. The Morgan fingerprint density at radius 2 is 2.15 bits per heavy atom. The van der Waals surface area contributed by atoms with Crippen molar-refractivity contribution >= 4 is 46.2 Å². The topological polar surface area (TPSA) is 69.4 Å². The van der Waals surface area contributed by atoms with Crippen molar-refractivity contribution in [2.24, 2.45) is 10.9 Å². The molecule has 7 heteroatoms. The van der Waals surface area contributed by atoms with E-state index < -0.39 is 6.04 Å². The van der Waals surface area contributed by atoms with E-state index in [1.165, 1.54) is 23.5 Å². The number of hydrogen-bond acceptors (Lipinski definition) is 4. The average Bonchev–Trinajstić information content (AvgIpc) is 2.37. The zero-order valence-corrected chi connectivity index (χ0v) is 13.0. The van der Waals surface area contributed by atoms with Gasteiger partial charge in [-0.1, -0.05) is 37.0 Å². The van der Waals surface area contributed by atoms with E-state index in [9.17, 15) is 4.79 Å². The highest BCUT2D eigenvalue weighted by Gasteiger charge is 2.23. The van der Waals surface area contributed by atoms with Crippen molar-refractivity contribution in [2.75, 3.05) is 7.05 Å². The van der Waals surface area contributed by atoms with Crippen LogP contribution in [0, 0.1) is 11.3 Å². The number of carbonyl (C=O) groups excluding carboxylic acids is 1. The molecule has 0 saturated heterocycles. The van der Waals surface area contributed by atoms with E-state index in [1.54, 1.807) is 27.0 Å². The number of rotatable bonds is 5. The zero-order chi connectivity index (χ0) is 15.3. The first-order valence-corrected chi connectivity index (χ1v) is 6.74. The first-order valence-electron chi connectivity index (χ1n) is 5.98. The van der Waals surface area contributed by atoms with Gasteiger partial charge in [-0.2, -0.15) is 0 Å². The molecule has 0 aliphatic carbocycles. The molecule has 108 valence electrons. The van der Waals surface area contributed by atoms with Gasteiger partial charge in [-0.15, -0.1) is 0 Å². The molecule has 1 aromatic heterocycles. The lowest BCUT2D eigenvalue weighted by molar-refractivity contribution is -0.133. The van der Waals surface area contributed by atoms with Gasteiger partial charge in [-0.25, -0.2) is 0 Å². The van der Waals surface area contributed by atoms with E-state index in [4.69, 9.17) is 28.6 Å². The van der Waals surface area contributed by atoms with Crippen LogP contribution in [0.1, 0.15) is 13.8 Å². The van der Waals surface area contributed by atoms with Crippen molar-refractivity contribution < 1.29 is 4.79 Å². The van der Waals surface area contributed by atoms with Crippen LogP contribution in [0.3, 0.4) is 0 Å². The van der Waals surface area contributed by atoms with Crippen molar-refractivity contribution in [3.63, 3.8) is 0 Å². The SMILES string of the molecule is CC(C)C(=O)N(C)C(C=Nc1cncc(Cl)c1)C(=N)Cl. The number of halogens is 2. The molecule has 0 aromatic carbocycles. The summed E-state index contributed by atoms with van der Waals surface area (Å²) >= 11 is 11.5. The largest absolute Gasteiger partial charge is 0.331 e. The van der Waals surface area contributed by atoms with E-state index >= 15 is 0 Å². The lowest BCUT2D eigenvalue weighted by atomic mass is 10.1. The summed E-state index contributed by atoms with van der Waals surface area (Å²) in [4.78, 5) is 21.4. The molecule has 1 amide bonds. The van der Waals surface area contributed by atoms with Gasteiger partial charge >= 0.3 is 0 Å². The summed E-state index contributed by atoms with van der Waals surface area (Å²) in [5, 5.41) is 7.84. The Kier molecular flexibility index (Phi) is 6.10. The Morgan fingerprint density at radius 1 is 1.50 bits per heavy atom. The standard InChI is InChI=1S/C13H16Cl2N4O/c1-8(2)13(20)19(3)11(12(15)16)7-18-10-4-9(14)5-17-6-10/h4-8,11,16H,1-3H3. The Morgan fingerprint density at radius 3 is 2.65 bits per heavy atom. The lowest BCUT2D eigenvalue weighted by Gasteiger charge is -2.25. The maximum atomic E-state index is 11.9. The van der Waals surface area contributed by atoms with E-state index in [1.807, 2.05) is 0 Å². The monoisotopic (exact) mass is 314 g/mol. The second-order valence-corrected chi connectivity index (χ2v) is 5.38. The Labute approximate surface area is 128 Å². The summed E-state index contributed by atoms with van der Waals surface area (Å²) in [6, 6.07) is 0.926. The number of nitrogens with one attached hydrogen (secondary N) is 1. The minimum Gasteiger partial charge on any atom is -0.331 e. The van der Waals surface area contributed by atoms with Crippen molar-refractivity contribution in [3.05, 3.63) is 23.5 Å². The van der Waals surface area contributed by atoms with E-state index in [0.717, 1.165) is 0 Å². The smallest absolute Gasteiger partial charge is 0.225 e. The van der Waals surface area contributed by atoms with Gasteiger partial charge in [-0.05, 0) is 6.07 Å². The third kappa shape index (κ3) is 4.58. The van der Waals surface area contributed by atoms with Gasteiger partial charge in [0.15, 0.2) is 0 Å². The third-order valence-corrected chi connectivity index (χ3v) is 3.00. The van der Waals surface area contributed by atoms with Crippen LogP contribution >= 0.6 is 23.2 Å². The van der Waals surface area contributed by atoms with Crippen LogP contribution in [-0.4, -0.2) is 40.3 Å². The van der Waals surface area contributed by atoms with Gasteiger partial charge in [0.2, 0.25) is 5.91 Å². The fourth-order valence-electron chi connectivity index (χ4n) is 1.51. The summed E-state index contributed by atoms with van der Waals surface area (Å²) in [5.41, 5.74) is 0.533. The Hall–Kier alpha value is -1.46. The number of nitrogens with zero attached hydrogens (tertiary/aromatic N) is 3. The molecule has 1 N–H and O–H groups in total. The maximum absolute atomic E-state index is 11.9. The number of amides is 1. The summed E-state index contributed by atoms with van der Waals surface area (Å²) < 4.78 is 0. The molecule has 1 atom stereocenters. The average molecular weight is 315 g/mol. The van der Waals surface area contributed by atoms with Crippen LogP contribution in [0.5, 0.6) is 0 Å². The molecular formula is C13H16Cl2N4O. The van der Waals surface area contributed by atoms with Crippen molar-refractivity contribution in [3.8, 4) is 0 Å². The molecule has 1 unspecified atom stereocenters. The van der Waals surface area contributed by atoms with E-state index in [-0.39, 0.29) is 17.0 Å². The minimum atomic E-state index is -0.703. The van der Waals surface area contributed by atoms with Gasteiger partial charge in [0, 0.05) is 25.4 Å². The lowest BCUT2D eigenvalue weighted by Crippen LogP contribution is -2.43. The van der Waals surface area contributed by atoms with Gasteiger partial charge in [-0.3, -0.25) is 20.2 Å². The van der Waals surface area contributed by atoms with E-state index in [0.29, 0.717) is 10.7 Å². The molecule has 1 aromatic rings. The van der Waals surface area contributed by atoms with E-state index in [2.05, 4.69) is 9.98 Å². The number of pyridine rings is 1. The van der Waals surface area contributed by atoms with Crippen molar-refractivity contribution in [1.29, 1.82) is 5.41 Å². The van der Waals surface area contributed by atoms with Crippen molar-refractivity contribution in [1.82, 2.24) is 9.88 Å². The molecule has 0 radical (unpaired) electrons. The molecule has 0 aliphatic rings. The van der Waals surface area contributed by atoms with Crippen LogP contribution in [0.2, 0.25) is 5.02 Å². The number of carbonyl (C=O) groups is 1. The molecule has 5 nitrogen and oxygen atoms in total. The summed E-state index contributed by atoms with van der Waals surface area (Å²) in [7, 11) is 1.59. The van der Waals surface area contributed by atoms with Crippen LogP contribution in [0.25, 0.3) is 0 Å². The van der Waals surface area contributed by atoms with Gasteiger partial charge in [0.05, 0.1) is 16.9 Å². The van der Waals surface area contributed by atoms with Crippen LogP contribution < -0.4 is 0 Å². The first-order chi connectivity index (χ1) is 9.32. The molecule has 0 fully saturated rings. The third-order valence-electron chi connectivity index (χ3n) is 2.57. The van der Waals surface area contributed by atoms with Crippen LogP contribution in [-0.2, 0) is 4.79 Å². The summed E-state index contributed by atoms with van der Waals surface area (Å²) in [5.74, 6) is -0.296. The molecular weight excluding hydrogens is 299 g/mol. The molecule has 1 heterocycles. The van der Waals surface area contributed by atoms with Gasteiger partial charge in [0.1, 0.15) is 11.2 Å². The molecule has 20 heavy (non-hydrogen) atoms. The fourth-order valence-corrected chi connectivity index (χ4v) is 1.88. The first kappa shape index (κ1) is 16.6. The minimum absolute atomic E-state index is 0.115. The molecule has 0 saturated carbocycles. The predicted octanol–water partition coefficient (Wildman–Crippen LogP) is 3.14. The van der Waals surface area contributed by atoms with Crippen LogP contribution in [0.15, 0.2) is 23.5 Å². The van der Waals surface area contributed by atoms with Crippen LogP contribution in [0.4, 0.5) is 5.69 Å². The second kappa shape index (κ2) is 7.36. The molecule has 0 spiro atoms. The summed E-state index contributed by atoms with van der Waals surface area (Å²) in [6.45, 7) is 3.57. The van der Waals surface area contributed by atoms with Crippen molar-refractivity contribution in [2.45, 2.75) is 19.9 Å². The number of aromatic nitrogens is 1. The van der Waals surface area contributed by atoms with Gasteiger partial charge < -0.3 is 4.90 Å². The Balaban J connectivity index is 2.93. The second-order valence-electron chi connectivity index (χ2n) is 4.54. The van der Waals surface area contributed by atoms with Gasteiger partial charge in [0.25, 0.3) is 0 Å². The Bertz CT molecular complexity index is 531. The number of hydrogen-bond donors (Lipinski definition) is 1. The number of aliphatic imine (C=N–C) groups is 1. The molecule has 0 bridgehead atoms. The highest BCUT2D eigenvalue weighted by atomic mass is 35.5. The molecule has 1 rings (SSSR count). The normalized spacial score (nSPS) is 12.7. The quantitative estimate of drug-likeness (QED) is 0.848.